The highest BCUT2D eigenvalue weighted by molar-refractivity contribution is 9.10. The second-order valence-corrected chi connectivity index (χ2v) is 5.50. The van der Waals surface area contributed by atoms with E-state index in [1.54, 1.807) is 24.4 Å². The summed E-state index contributed by atoms with van der Waals surface area (Å²) >= 11 is 9.37. The van der Waals surface area contributed by atoms with E-state index >= 15 is 0 Å². The Balaban J connectivity index is 2.20. The molecule has 0 aliphatic heterocycles. The molecule has 0 saturated heterocycles. The van der Waals surface area contributed by atoms with Crippen molar-refractivity contribution in [3.63, 3.8) is 0 Å². The fraction of sp³-hybridized carbons (Fsp3) is 0.143. The van der Waals surface area contributed by atoms with Crippen molar-refractivity contribution in [3.8, 4) is 0 Å². The molecular weight excluding hydrogens is 328 g/mol. The van der Waals surface area contributed by atoms with Crippen LogP contribution in [0.3, 0.4) is 0 Å². The van der Waals surface area contributed by atoms with E-state index in [2.05, 4.69) is 26.2 Å². The van der Waals surface area contributed by atoms with Crippen LogP contribution in [0.15, 0.2) is 34.9 Å². The van der Waals surface area contributed by atoms with E-state index in [0.717, 1.165) is 15.6 Å². The minimum Gasteiger partial charge on any atom is -0.307 e. The van der Waals surface area contributed by atoms with Gasteiger partial charge in [0.1, 0.15) is 5.82 Å². The van der Waals surface area contributed by atoms with Gasteiger partial charge in [-0.05, 0) is 59.1 Å². The summed E-state index contributed by atoms with van der Waals surface area (Å²) in [4.78, 5) is 16.2. The molecule has 1 amide bonds. The lowest BCUT2D eigenvalue weighted by atomic mass is 10.1. The van der Waals surface area contributed by atoms with Crippen molar-refractivity contribution in [2.24, 2.45) is 0 Å². The minimum absolute atomic E-state index is 0.226. The maximum Gasteiger partial charge on any atom is 0.256 e. The average Bonchev–Trinajstić information content (AvgIpc) is 2.37. The minimum atomic E-state index is -0.226. The Bertz CT molecular complexity index is 643. The third-order valence-electron chi connectivity index (χ3n) is 2.72. The lowest BCUT2D eigenvalue weighted by Gasteiger charge is -2.07. The van der Waals surface area contributed by atoms with Gasteiger partial charge in [0, 0.05) is 21.3 Å². The lowest BCUT2D eigenvalue weighted by Crippen LogP contribution is -2.13. The van der Waals surface area contributed by atoms with Gasteiger partial charge in [-0.3, -0.25) is 4.79 Å². The van der Waals surface area contributed by atoms with E-state index in [1.807, 2.05) is 19.9 Å². The molecule has 0 aliphatic rings. The van der Waals surface area contributed by atoms with Crippen LogP contribution >= 0.6 is 27.5 Å². The summed E-state index contributed by atoms with van der Waals surface area (Å²) in [6.07, 6.45) is 1.66. The number of amides is 1. The Morgan fingerprint density at radius 2 is 2.00 bits per heavy atom. The van der Waals surface area contributed by atoms with Gasteiger partial charge >= 0.3 is 0 Å². The Labute approximate surface area is 125 Å². The Morgan fingerprint density at radius 3 is 2.63 bits per heavy atom. The van der Waals surface area contributed by atoms with Crippen molar-refractivity contribution in [3.05, 3.63) is 56.6 Å². The highest BCUT2D eigenvalue weighted by Gasteiger charge is 2.09. The molecule has 1 heterocycles. The molecule has 2 rings (SSSR count). The number of aryl methyl sites for hydroxylation is 2. The van der Waals surface area contributed by atoms with E-state index in [0.29, 0.717) is 16.4 Å². The second kappa shape index (κ2) is 5.72. The lowest BCUT2D eigenvalue weighted by molar-refractivity contribution is 0.102. The van der Waals surface area contributed by atoms with Crippen molar-refractivity contribution in [2.45, 2.75) is 13.8 Å². The molecule has 0 spiro atoms. The predicted octanol–water partition coefficient (Wildman–Crippen LogP) is 4.37. The molecule has 3 nitrogen and oxygen atoms in total. The maximum atomic E-state index is 12.1. The summed E-state index contributed by atoms with van der Waals surface area (Å²) in [5.74, 6) is 0.290. The van der Waals surface area contributed by atoms with Gasteiger partial charge in [-0.1, -0.05) is 17.7 Å². The van der Waals surface area contributed by atoms with Crippen molar-refractivity contribution >= 4 is 39.3 Å². The first-order chi connectivity index (χ1) is 8.97. The monoisotopic (exact) mass is 338 g/mol. The summed E-state index contributed by atoms with van der Waals surface area (Å²) in [6.45, 7) is 3.83. The molecule has 0 atom stereocenters. The molecule has 0 unspecified atom stereocenters. The quantitative estimate of drug-likeness (QED) is 0.883. The van der Waals surface area contributed by atoms with Crippen molar-refractivity contribution in [2.75, 3.05) is 5.32 Å². The van der Waals surface area contributed by atoms with Gasteiger partial charge in [-0.2, -0.15) is 0 Å². The number of hydrogen-bond acceptors (Lipinski definition) is 2. The van der Waals surface area contributed by atoms with Crippen LogP contribution in [0, 0.1) is 13.8 Å². The van der Waals surface area contributed by atoms with E-state index < -0.39 is 0 Å². The van der Waals surface area contributed by atoms with Gasteiger partial charge in [-0.25, -0.2) is 4.98 Å². The van der Waals surface area contributed by atoms with Gasteiger partial charge in [0.25, 0.3) is 5.91 Å². The molecule has 0 saturated carbocycles. The topological polar surface area (TPSA) is 42.0 Å². The number of hydrogen-bond donors (Lipinski definition) is 1. The van der Waals surface area contributed by atoms with Crippen LogP contribution < -0.4 is 5.32 Å². The van der Waals surface area contributed by atoms with Crippen LogP contribution in [-0.4, -0.2) is 10.9 Å². The zero-order chi connectivity index (χ0) is 14.0. The molecule has 1 aromatic carbocycles. The molecule has 0 fully saturated rings. The van der Waals surface area contributed by atoms with Crippen molar-refractivity contribution in [1.82, 2.24) is 4.98 Å². The highest BCUT2D eigenvalue weighted by Crippen LogP contribution is 2.19. The van der Waals surface area contributed by atoms with Gasteiger partial charge in [0.2, 0.25) is 0 Å². The van der Waals surface area contributed by atoms with E-state index in [4.69, 9.17) is 11.6 Å². The van der Waals surface area contributed by atoms with Crippen LogP contribution in [0.25, 0.3) is 0 Å². The van der Waals surface area contributed by atoms with Crippen molar-refractivity contribution in [1.29, 1.82) is 0 Å². The average molecular weight is 340 g/mol. The smallest absolute Gasteiger partial charge is 0.256 e. The number of nitrogens with zero attached hydrogens (tertiary/aromatic N) is 1. The number of carbonyl (C=O) groups is 1. The van der Waals surface area contributed by atoms with Crippen LogP contribution in [0.5, 0.6) is 0 Å². The van der Waals surface area contributed by atoms with Gasteiger partial charge in [0.05, 0.1) is 0 Å². The van der Waals surface area contributed by atoms with Crippen LogP contribution in [0.1, 0.15) is 21.5 Å². The Hall–Kier alpha value is -1.39. The normalized spacial score (nSPS) is 10.3. The molecule has 5 heteroatoms. The first kappa shape index (κ1) is 14.0. The summed E-state index contributed by atoms with van der Waals surface area (Å²) in [5, 5.41) is 3.32. The molecule has 0 bridgehead atoms. The zero-order valence-electron chi connectivity index (χ0n) is 10.5. The van der Waals surface area contributed by atoms with Gasteiger partial charge in [0.15, 0.2) is 0 Å². The largest absolute Gasteiger partial charge is 0.307 e. The number of carbonyl (C=O) groups excluding carboxylic acids is 1. The third-order valence-corrected chi connectivity index (χ3v) is 3.96. The zero-order valence-corrected chi connectivity index (χ0v) is 12.8. The second-order valence-electron chi connectivity index (χ2n) is 4.24. The standard InChI is InChI=1S/C14H12BrClN2O/c1-8-3-4-10(6-12(8)16)14(19)18-13-5-9(2)11(15)7-17-13/h3-7H,1-2H3,(H,17,18,19). The summed E-state index contributed by atoms with van der Waals surface area (Å²) < 4.78 is 0.906. The van der Waals surface area contributed by atoms with Gasteiger partial charge in [-0.15, -0.1) is 0 Å². The first-order valence-corrected chi connectivity index (χ1v) is 6.84. The van der Waals surface area contributed by atoms with E-state index in [9.17, 15) is 4.79 Å². The van der Waals surface area contributed by atoms with Crippen LogP contribution in [0.4, 0.5) is 5.82 Å². The van der Waals surface area contributed by atoms with Crippen LogP contribution in [0.2, 0.25) is 5.02 Å². The van der Waals surface area contributed by atoms with Crippen LogP contribution in [-0.2, 0) is 0 Å². The first-order valence-electron chi connectivity index (χ1n) is 5.67. The molecule has 19 heavy (non-hydrogen) atoms. The highest BCUT2D eigenvalue weighted by atomic mass is 79.9. The summed E-state index contributed by atoms with van der Waals surface area (Å²) in [5.41, 5.74) is 2.46. The number of pyridine rings is 1. The number of nitrogens with one attached hydrogen (secondary N) is 1. The summed E-state index contributed by atoms with van der Waals surface area (Å²) in [6, 6.07) is 7.01. The predicted molar refractivity (Wildman–Crippen MR) is 80.8 cm³/mol. The number of anilines is 1. The Morgan fingerprint density at radius 1 is 1.26 bits per heavy atom. The molecule has 2 aromatic rings. The fourth-order valence-corrected chi connectivity index (χ4v) is 1.93. The molecular formula is C14H12BrClN2O. The molecule has 98 valence electrons. The number of halogens is 2. The molecule has 1 aromatic heterocycles. The fourth-order valence-electron chi connectivity index (χ4n) is 1.53. The van der Waals surface area contributed by atoms with E-state index in [1.165, 1.54) is 0 Å². The number of benzene rings is 1. The third kappa shape index (κ3) is 3.33. The maximum absolute atomic E-state index is 12.1. The number of aromatic nitrogens is 1. The SMILES string of the molecule is Cc1ccc(C(=O)Nc2cc(C)c(Br)cn2)cc1Cl. The molecule has 0 aliphatic carbocycles. The Kier molecular flexibility index (Phi) is 4.22. The van der Waals surface area contributed by atoms with Gasteiger partial charge < -0.3 is 5.32 Å². The number of rotatable bonds is 2. The molecule has 1 N–H and O–H groups in total. The van der Waals surface area contributed by atoms with E-state index in [-0.39, 0.29) is 5.91 Å². The van der Waals surface area contributed by atoms with Crippen molar-refractivity contribution < 1.29 is 4.79 Å². The summed E-state index contributed by atoms with van der Waals surface area (Å²) in [7, 11) is 0. The molecule has 0 radical (unpaired) electrons.